The third kappa shape index (κ3) is 3.19. The lowest BCUT2D eigenvalue weighted by Crippen LogP contribution is -2.50. The molecule has 1 fully saturated rings. The van der Waals surface area contributed by atoms with E-state index in [0.717, 1.165) is 6.42 Å². The third-order valence-electron chi connectivity index (χ3n) is 4.09. The van der Waals surface area contributed by atoms with E-state index in [2.05, 4.69) is 5.32 Å². The summed E-state index contributed by atoms with van der Waals surface area (Å²) in [5.74, 6) is -0.338. The van der Waals surface area contributed by atoms with E-state index in [9.17, 15) is 14.9 Å². The molecule has 0 aliphatic carbocycles. The van der Waals surface area contributed by atoms with Crippen LogP contribution in [-0.4, -0.2) is 43.2 Å². The molecule has 1 atom stereocenters. The molecule has 1 N–H and O–H groups in total. The number of nitrogens with one attached hydrogen (secondary N) is 1. The number of nitrogens with zero attached hydrogens (tertiary/aromatic N) is 2. The standard InChI is InChI=1S/C15H21N3O4/c1-4-15(2)10-17(7-8-22-15)12-6-5-11(14(19)16-3)9-13(12)18(20)21/h5-6,9H,4,7-8,10H2,1-3H3,(H,16,19). The zero-order valence-corrected chi connectivity index (χ0v) is 13.1. The lowest BCUT2D eigenvalue weighted by molar-refractivity contribution is -0.384. The Bertz CT molecular complexity index is 590. The second kappa shape index (κ2) is 6.31. The van der Waals surface area contributed by atoms with Gasteiger partial charge in [-0.25, -0.2) is 0 Å². The first-order valence-electron chi connectivity index (χ1n) is 7.29. The van der Waals surface area contributed by atoms with Gasteiger partial charge >= 0.3 is 0 Å². The van der Waals surface area contributed by atoms with E-state index in [1.165, 1.54) is 13.1 Å². The Morgan fingerprint density at radius 2 is 2.27 bits per heavy atom. The predicted octanol–water partition coefficient (Wildman–Crippen LogP) is 1.96. The van der Waals surface area contributed by atoms with Crippen molar-refractivity contribution in [3.05, 3.63) is 33.9 Å². The monoisotopic (exact) mass is 307 g/mol. The van der Waals surface area contributed by atoms with E-state index in [1.807, 2.05) is 18.7 Å². The van der Waals surface area contributed by atoms with Crippen molar-refractivity contribution in [1.29, 1.82) is 0 Å². The van der Waals surface area contributed by atoms with Gasteiger partial charge in [0.25, 0.3) is 11.6 Å². The summed E-state index contributed by atoms with van der Waals surface area (Å²) < 4.78 is 5.77. The minimum atomic E-state index is -0.444. The highest BCUT2D eigenvalue weighted by Gasteiger charge is 2.33. The number of amides is 1. The summed E-state index contributed by atoms with van der Waals surface area (Å²) in [6, 6.07) is 4.58. The molecule has 1 aliphatic rings. The zero-order chi connectivity index (χ0) is 16.3. The van der Waals surface area contributed by atoms with Gasteiger partial charge < -0.3 is 15.0 Å². The average molecular weight is 307 g/mol. The first-order chi connectivity index (χ1) is 10.4. The number of hydrogen-bond acceptors (Lipinski definition) is 5. The maximum absolute atomic E-state index is 11.7. The van der Waals surface area contributed by atoms with Gasteiger partial charge in [0.15, 0.2) is 0 Å². The molecule has 1 saturated heterocycles. The van der Waals surface area contributed by atoms with Crippen molar-refractivity contribution in [2.24, 2.45) is 0 Å². The Kier molecular flexibility index (Phi) is 4.65. The quantitative estimate of drug-likeness (QED) is 0.679. The fraction of sp³-hybridized carbons (Fsp3) is 0.533. The molecule has 0 bridgehead atoms. The Morgan fingerprint density at radius 1 is 1.55 bits per heavy atom. The van der Waals surface area contributed by atoms with Gasteiger partial charge in [-0.3, -0.25) is 14.9 Å². The first-order valence-corrected chi connectivity index (χ1v) is 7.29. The molecule has 0 saturated carbocycles. The molecule has 1 unspecified atom stereocenters. The van der Waals surface area contributed by atoms with Crippen LogP contribution in [0.2, 0.25) is 0 Å². The van der Waals surface area contributed by atoms with Gasteiger partial charge in [-0.15, -0.1) is 0 Å². The fourth-order valence-corrected chi connectivity index (χ4v) is 2.57. The Hall–Kier alpha value is -2.15. The molecule has 120 valence electrons. The van der Waals surface area contributed by atoms with E-state index in [0.29, 0.717) is 25.4 Å². The number of nitro benzene ring substituents is 1. The largest absolute Gasteiger partial charge is 0.372 e. The van der Waals surface area contributed by atoms with Crippen LogP contribution in [0.25, 0.3) is 0 Å². The molecule has 1 aromatic carbocycles. The van der Waals surface area contributed by atoms with Gasteiger partial charge in [0, 0.05) is 31.8 Å². The maximum atomic E-state index is 11.7. The van der Waals surface area contributed by atoms with Gasteiger partial charge in [-0.2, -0.15) is 0 Å². The average Bonchev–Trinajstić information content (AvgIpc) is 2.53. The minimum Gasteiger partial charge on any atom is -0.372 e. The number of nitro groups is 1. The van der Waals surface area contributed by atoms with Gasteiger partial charge in [0.2, 0.25) is 0 Å². The fourth-order valence-electron chi connectivity index (χ4n) is 2.57. The second-order valence-electron chi connectivity index (χ2n) is 5.61. The number of carbonyl (C=O) groups excluding carboxylic acids is 1. The number of benzene rings is 1. The van der Waals surface area contributed by atoms with Crippen LogP contribution in [0.5, 0.6) is 0 Å². The molecule has 0 aromatic heterocycles. The molecule has 1 heterocycles. The van der Waals surface area contributed by atoms with Crippen molar-refractivity contribution in [2.45, 2.75) is 25.9 Å². The normalized spacial score (nSPS) is 21.5. The molecular weight excluding hydrogens is 286 g/mol. The van der Waals surface area contributed by atoms with Crippen molar-refractivity contribution in [3.8, 4) is 0 Å². The number of rotatable bonds is 4. The molecule has 1 amide bonds. The Morgan fingerprint density at radius 3 is 2.86 bits per heavy atom. The summed E-state index contributed by atoms with van der Waals surface area (Å²) in [6.07, 6.45) is 0.827. The van der Waals surface area contributed by atoms with Crippen LogP contribution in [0, 0.1) is 10.1 Å². The van der Waals surface area contributed by atoms with Crippen LogP contribution in [-0.2, 0) is 4.74 Å². The molecule has 7 nitrogen and oxygen atoms in total. The highest BCUT2D eigenvalue weighted by molar-refractivity contribution is 5.95. The van der Waals surface area contributed by atoms with Crippen LogP contribution >= 0.6 is 0 Å². The minimum absolute atomic E-state index is 0.0542. The number of anilines is 1. The summed E-state index contributed by atoms with van der Waals surface area (Å²) in [6.45, 7) is 5.74. The molecule has 1 aromatic rings. The summed E-state index contributed by atoms with van der Waals surface area (Å²) >= 11 is 0. The third-order valence-corrected chi connectivity index (χ3v) is 4.09. The first kappa shape index (κ1) is 16.2. The summed E-state index contributed by atoms with van der Waals surface area (Å²) in [5, 5.41) is 13.8. The SMILES string of the molecule is CCC1(C)CN(c2ccc(C(=O)NC)cc2[N+](=O)[O-])CCO1. The van der Waals surface area contributed by atoms with Crippen molar-refractivity contribution < 1.29 is 14.5 Å². The van der Waals surface area contributed by atoms with Crippen molar-refractivity contribution in [2.75, 3.05) is 31.6 Å². The topological polar surface area (TPSA) is 84.7 Å². The van der Waals surface area contributed by atoms with Crippen LogP contribution in [0.1, 0.15) is 30.6 Å². The van der Waals surface area contributed by atoms with E-state index >= 15 is 0 Å². The maximum Gasteiger partial charge on any atom is 0.293 e. The molecule has 7 heteroatoms. The van der Waals surface area contributed by atoms with Gasteiger partial charge in [0.1, 0.15) is 5.69 Å². The summed E-state index contributed by atoms with van der Waals surface area (Å²) in [7, 11) is 1.50. The van der Waals surface area contributed by atoms with Gasteiger partial charge in [-0.05, 0) is 25.5 Å². The number of ether oxygens (including phenoxy) is 1. The molecular formula is C15H21N3O4. The van der Waals surface area contributed by atoms with Crippen LogP contribution in [0.4, 0.5) is 11.4 Å². The molecule has 2 rings (SSSR count). The summed E-state index contributed by atoms with van der Waals surface area (Å²) in [4.78, 5) is 24.5. The molecule has 22 heavy (non-hydrogen) atoms. The predicted molar refractivity (Wildman–Crippen MR) is 83.3 cm³/mol. The van der Waals surface area contributed by atoms with Crippen molar-refractivity contribution in [3.63, 3.8) is 0 Å². The van der Waals surface area contributed by atoms with E-state index in [4.69, 9.17) is 4.74 Å². The van der Waals surface area contributed by atoms with Crippen molar-refractivity contribution in [1.82, 2.24) is 5.32 Å². The molecule has 1 aliphatic heterocycles. The van der Waals surface area contributed by atoms with Crippen LogP contribution in [0.3, 0.4) is 0 Å². The number of carbonyl (C=O) groups is 1. The smallest absolute Gasteiger partial charge is 0.293 e. The Labute approximate surface area is 129 Å². The second-order valence-corrected chi connectivity index (χ2v) is 5.61. The van der Waals surface area contributed by atoms with Crippen LogP contribution < -0.4 is 10.2 Å². The van der Waals surface area contributed by atoms with Gasteiger partial charge in [-0.1, -0.05) is 6.92 Å². The Balaban J connectivity index is 2.38. The van der Waals surface area contributed by atoms with Crippen molar-refractivity contribution >= 4 is 17.3 Å². The number of morpholine rings is 1. The lowest BCUT2D eigenvalue weighted by Gasteiger charge is -2.41. The molecule has 0 spiro atoms. The molecule has 0 radical (unpaired) electrons. The highest BCUT2D eigenvalue weighted by Crippen LogP contribution is 2.33. The van der Waals surface area contributed by atoms with E-state index < -0.39 is 4.92 Å². The number of hydrogen-bond donors (Lipinski definition) is 1. The lowest BCUT2D eigenvalue weighted by atomic mass is 10.00. The van der Waals surface area contributed by atoms with E-state index in [1.54, 1.807) is 12.1 Å². The van der Waals surface area contributed by atoms with Crippen LogP contribution in [0.15, 0.2) is 18.2 Å². The summed E-state index contributed by atoms with van der Waals surface area (Å²) in [5.41, 5.74) is 0.442. The highest BCUT2D eigenvalue weighted by atomic mass is 16.6. The van der Waals surface area contributed by atoms with E-state index in [-0.39, 0.29) is 22.8 Å². The van der Waals surface area contributed by atoms with Gasteiger partial charge in [0.05, 0.1) is 17.1 Å². The zero-order valence-electron chi connectivity index (χ0n) is 13.1.